The second kappa shape index (κ2) is 8.06. The third kappa shape index (κ3) is 3.71. The molecule has 1 heterocycles. The maximum absolute atomic E-state index is 13.1. The van der Waals surface area contributed by atoms with Crippen molar-refractivity contribution in [3.8, 4) is 6.07 Å². The number of hydrogen-bond donors (Lipinski definition) is 1. The van der Waals surface area contributed by atoms with Gasteiger partial charge in [0.05, 0.1) is 11.6 Å². The van der Waals surface area contributed by atoms with E-state index < -0.39 is 0 Å². The maximum Gasteiger partial charge on any atom is 0.324 e. The monoisotopic (exact) mass is 408 g/mol. The van der Waals surface area contributed by atoms with Crippen LogP contribution in [-0.4, -0.2) is 36.6 Å². The van der Waals surface area contributed by atoms with E-state index in [1.807, 2.05) is 35.2 Å². The Kier molecular flexibility index (Phi) is 5.49. The number of halogens is 1. The molecule has 0 spiro atoms. The van der Waals surface area contributed by atoms with Gasteiger partial charge in [0.1, 0.15) is 0 Å². The fourth-order valence-electron chi connectivity index (χ4n) is 4.77. The maximum atomic E-state index is 13.1. The average molecular weight is 409 g/mol. The molecule has 0 unspecified atom stereocenters. The summed E-state index contributed by atoms with van der Waals surface area (Å²) >= 11 is 6.21. The zero-order chi connectivity index (χ0) is 20.4. The number of amides is 2. The highest BCUT2D eigenvalue weighted by Gasteiger charge is 2.41. The van der Waals surface area contributed by atoms with Crippen LogP contribution in [0, 0.1) is 11.3 Å². The minimum atomic E-state index is -0.0645. The third-order valence-electron chi connectivity index (χ3n) is 6.51. The largest absolute Gasteiger partial charge is 0.330 e. The molecule has 2 fully saturated rings. The van der Waals surface area contributed by atoms with Crippen molar-refractivity contribution in [2.24, 2.45) is 5.73 Å². The Bertz CT molecular complexity index is 946. The van der Waals surface area contributed by atoms with Gasteiger partial charge >= 0.3 is 6.03 Å². The number of anilines is 1. The molecule has 2 aliphatic rings. The highest BCUT2D eigenvalue weighted by molar-refractivity contribution is 6.30. The molecule has 0 atom stereocenters. The van der Waals surface area contributed by atoms with Crippen LogP contribution in [0.3, 0.4) is 0 Å². The van der Waals surface area contributed by atoms with E-state index in [1.165, 1.54) is 5.56 Å². The second-order valence-electron chi connectivity index (χ2n) is 8.02. The summed E-state index contributed by atoms with van der Waals surface area (Å²) in [4.78, 5) is 16.9. The minimum Gasteiger partial charge on any atom is -0.330 e. The number of urea groups is 1. The quantitative estimate of drug-likeness (QED) is 0.819. The van der Waals surface area contributed by atoms with Crippen LogP contribution in [0.15, 0.2) is 48.5 Å². The van der Waals surface area contributed by atoms with Crippen LogP contribution in [0.5, 0.6) is 0 Å². The van der Waals surface area contributed by atoms with Crippen molar-refractivity contribution in [2.45, 2.75) is 37.1 Å². The normalized spacial score (nSPS) is 24.6. The van der Waals surface area contributed by atoms with Gasteiger partial charge in [-0.2, -0.15) is 5.26 Å². The predicted octanol–water partition coefficient (Wildman–Crippen LogP) is 4.29. The molecule has 0 radical (unpaired) electrons. The van der Waals surface area contributed by atoms with Crippen molar-refractivity contribution in [3.63, 3.8) is 0 Å². The molecular formula is C23H25ClN4O. The molecule has 1 aliphatic heterocycles. The van der Waals surface area contributed by atoms with Gasteiger partial charge in [0.25, 0.3) is 0 Å². The summed E-state index contributed by atoms with van der Waals surface area (Å²) in [6.07, 6.45) is 3.76. The summed E-state index contributed by atoms with van der Waals surface area (Å²) in [5, 5.41) is 9.87. The molecule has 5 nitrogen and oxygen atoms in total. The number of carbonyl (C=O) groups excluding carboxylic acids is 1. The Morgan fingerprint density at radius 2 is 1.90 bits per heavy atom. The molecular weight excluding hydrogens is 384 g/mol. The smallest absolute Gasteiger partial charge is 0.324 e. The van der Waals surface area contributed by atoms with Crippen LogP contribution < -0.4 is 10.6 Å². The van der Waals surface area contributed by atoms with Gasteiger partial charge in [-0.25, -0.2) is 4.79 Å². The first-order valence-corrected chi connectivity index (χ1v) is 10.5. The summed E-state index contributed by atoms with van der Waals surface area (Å²) in [6.45, 7) is 1.95. The molecule has 1 saturated heterocycles. The number of hydrogen-bond acceptors (Lipinski definition) is 3. The van der Waals surface area contributed by atoms with Crippen molar-refractivity contribution >= 4 is 23.3 Å². The molecule has 4 rings (SSSR count). The highest BCUT2D eigenvalue weighted by atomic mass is 35.5. The van der Waals surface area contributed by atoms with Gasteiger partial charge in [-0.1, -0.05) is 29.8 Å². The van der Waals surface area contributed by atoms with Gasteiger partial charge in [-0.3, -0.25) is 4.90 Å². The van der Waals surface area contributed by atoms with E-state index in [0.717, 1.165) is 36.4 Å². The van der Waals surface area contributed by atoms with Crippen LogP contribution in [0.25, 0.3) is 0 Å². The number of benzene rings is 2. The molecule has 0 aromatic heterocycles. The standard InChI is InChI=1S/C23H25ClN4O/c24-19-5-2-4-18(14-19)23(16-26)9-7-20(8-10-23)27-11-12-28(22(27)29)21-6-1-3-17(13-21)15-25/h1-6,13-14,20H,7-12,16,26H2/t20-,23-. The number of nitrogens with two attached hydrogens (primary N) is 1. The van der Waals surface area contributed by atoms with Gasteiger partial charge < -0.3 is 10.6 Å². The first-order chi connectivity index (χ1) is 14.1. The lowest BCUT2D eigenvalue weighted by atomic mass is 9.68. The summed E-state index contributed by atoms with van der Waals surface area (Å²) in [5.41, 5.74) is 8.72. The molecule has 2 N–H and O–H groups in total. The molecule has 29 heavy (non-hydrogen) atoms. The molecule has 6 heteroatoms. The summed E-state index contributed by atoms with van der Waals surface area (Å²) in [7, 11) is 0. The van der Waals surface area contributed by atoms with Gasteiger partial charge in [0.2, 0.25) is 0 Å². The Balaban J connectivity index is 1.46. The van der Waals surface area contributed by atoms with Crippen LogP contribution >= 0.6 is 11.6 Å². The lowest BCUT2D eigenvalue weighted by molar-refractivity contribution is 0.156. The van der Waals surface area contributed by atoms with E-state index in [0.29, 0.717) is 25.2 Å². The number of rotatable bonds is 4. The number of nitriles is 1. The van der Waals surface area contributed by atoms with Crippen LogP contribution in [-0.2, 0) is 5.41 Å². The minimum absolute atomic E-state index is 0.0353. The average Bonchev–Trinajstić information content (AvgIpc) is 3.15. The highest BCUT2D eigenvalue weighted by Crippen LogP contribution is 2.41. The van der Waals surface area contributed by atoms with Gasteiger partial charge in [0.15, 0.2) is 0 Å². The topological polar surface area (TPSA) is 73.4 Å². The van der Waals surface area contributed by atoms with E-state index in [2.05, 4.69) is 12.1 Å². The number of nitrogens with zero attached hydrogens (tertiary/aromatic N) is 3. The first kappa shape index (κ1) is 19.8. The molecule has 1 saturated carbocycles. The van der Waals surface area contributed by atoms with Crippen molar-refractivity contribution in [1.29, 1.82) is 5.26 Å². The summed E-state index contributed by atoms with van der Waals surface area (Å²) in [6, 6.07) is 17.7. The fraction of sp³-hybridized carbons (Fsp3) is 0.391. The third-order valence-corrected chi connectivity index (χ3v) is 6.74. The fourth-order valence-corrected chi connectivity index (χ4v) is 4.96. The van der Waals surface area contributed by atoms with E-state index in [4.69, 9.17) is 22.6 Å². The molecule has 0 bridgehead atoms. The van der Waals surface area contributed by atoms with Crippen LogP contribution in [0.2, 0.25) is 5.02 Å². The van der Waals surface area contributed by atoms with E-state index in [9.17, 15) is 4.79 Å². The lowest BCUT2D eigenvalue weighted by Gasteiger charge is -2.42. The van der Waals surface area contributed by atoms with E-state index in [-0.39, 0.29) is 17.5 Å². The van der Waals surface area contributed by atoms with Crippen molar-refractivity contribution in [3.05, 3.63) is 64.7 Å². The Hall–Kier alpha value is -2.55. The zero-order valence-corrected chi connectivity index (χ0v) is 17.1. The Labute approximate surface area is 176 Å². The first-order valence-electron chi connectivity index (χ1n) is 10.1. The van der Waals surface area contributed by atoms with Gasteiger partial charge in [-0.05, 0) is 61.6 Å². The Morgan fingerprint density at radius 1 is 1.14 bits per heavy atom. The zero-order valence-electron chi connectivity index (χ0n) is 16.4. The molecule has 2 amide bonds. The van der Waals surface area contributed by atoms with Crippen molar-refractivity contribution in [2.75, 3.05) is 24.5 Å². The SMILES string of the molecule is N#Cc1cccc(N2CCN([C@H]3CC[C@](CN)(c4cccc(Cl)c4)CC3)C2=O)c1. The molecule has 2 aromatic carbocycles. The number of carbonyl (C=O) groups is 1. The molecule has 150 valence electrons. The van der Waals surface area contributed by atoms with E-state index >= 15 is 0 Å². The second-order valence-corrected chi connectivity index (χ2v) is 8.45. The van der Waals surface area contributed by atoms with Gasteiger partial charge in [-0.15, -0.1) is 0 Å². The summed E-state index contributed by atoms with van der Waals surface area (Å²) < 4.78 is 0. The van der Waals surface area contributed by atoms with Crippen LogP contribution in [0.4, 0.5) is 10.5 Å². The predicted molar refractivity (Wildman–Crippen MR) is 115 cm³/mol. The van der Waals surface area contributed by atoms with Crippen molar-refractivity contribution in [1.82, 2.24) is 4.90 Å². The van der Waals surface area contributed by atoms with E-state index in [1.54, 1.807) is 17.0 Å². The van der Waals surface area contributed by atoms with Crippen LogP contribution in [0.1, 0.15) is 36.8 Å². The lowest BCUT2D eigenvalue weighted by Crippen LogP contribution is -2.46. The Morgan fingerprint density at radius 3 is 2.59 bits per heavy atom. The summed E-state index contributed by atoms with van der Waals surface area (Å²) in [5.74, 6) is 0. The van der Waals surface area contributed by atoms with Crippen molar-refractivity contribution < 1.29 is 4.79 Å². The van der Waals surface area contributed by atoms with Gasteiger partial charge in [0, 0.05) is 41.8 Å². The molecule has 1 aliphatic carbocycles. The molecule has 2 aromatic rings.